The van der Waals surface area contributed by atoms with Crippen molar-refractivity contribution in [3.8, 4) is 0 Å². The summed E-state index contributed by atoms with van der Waals surface area (Å²) in [6.45, 7) is 1.66. The number of aliphatic hydroxyl groups is 1. The van der Waals surface area contributed by atoms with Crippen LogP contribution in [0.3, 0.4) is 0 Å². The number of hydrogen-bond acceptors (Lipinski definition) is 5. The Kier molecular flexibility index (Phi) is 2.49. The lowest BCUT2D eigenvalue weighted by Gasteiger charge is -2.31. The van der Waals surface area contributed by atoms with Crippen molar-refractivity contribution in [3.05, 3.63) is 17.8 Å². The first-order valence-corrected chi connectivity index (χ1v) is 6.34. The molecule has 2 aromatic rings. The first-order chi connectivity index (χ1) is 7.84. The lowest BCUT2D eigenvalue weighted by molar-refractivity contribution is 0.154. The maximum absolute atomic E-state index is 9.68. The van der Waals surface area contributed by atoms with Crippen LogP contribution in [0.5, 0.6) is 0 Å². The Balaban J connectivity index is 2.01. The van der Waals surface area contributed by atoms with Crippen molar-refractivity contribution < 1.29 is 5.11 Å². The number of aromatic nitrogens is 2. The van der Waals surface area contributed by atoms with Crippen molar-refractivity contribution in [2.24, 2.45) is 0 Å². The molecule has 3 rings (SSSR count). The molecule has 0 spiro atoms. The van der Waals surface area contributed by atoms with Gasteiger partial charge in [0.15, 0.2) is 0 Å². The fourth-order valence-electron chi connectivity index (χ4n) is 2.15. The zero-order valence-corrected chi connectivity index (χ0v) is 9.65. The molecule has 0 unspecified atom stereocenters. The van der Waals surface area contributed by atoms with Crippen molar-refractivity contribution in [2.45, 2.75) is 18.9 Å². The lowest BCUT2D eigenvalue weighted by atomic mass is 10.1. The lowest BCUT2D eigenvalue weighted by Crippen LogP contribution is -2.38. The van der Waals surface area contributed by atoms with E-state index < -0.39 is 0 Å². The topological polar surface area (TPSA) is 49.2 Å². The van der Waals surface area contributed by atoms with Crippen LogP contribution < -0.4 is 4.90 Å². The standard InChI is InChI=1S/C11H13N3OS/c15-8-2-1-4-14(6-8)11-10-9(3-5-16-10)12-7-13-11/h3,5,7-8,15H,1-2,4,6H2/t8-/m0/s1. The molecule has 0 amide bonds. The number of β-amino-alcohol motifs (C(OH)–C–C–N with tert-alkyl or cyclic N) is 1. The van der Waals surface area contributed by atoms with Crippen LogP contribution in [0.1, 0.15) is 12.8 Å². The molecule has 2 aromatic heterocycles. The molecule has 1 saturated heterocycles. The Labute approximate surface area is 97.6 Å². The van der Waals surface area contributed by atoms with Gasteiger partial charge < -0.3 is 10.0 Å². The Morgan fingerprint density at radius 1 is 1.44 bits per heavy atom. The van der Waals surface area contributed by atoms with Crippen LogP contribution in [0.4, 0.5) is 5.82 Å². The van der Waals surface area contributed by atoms with E-state index in [2.05, 4.69) is 14.9 Å². The minimum Gasteiger partial charge on any atom is -0.391 e. The summed E-state index contributed by atoms with van der Waals surface area (Å²) in [5.41, 5.74) is 0.995. The first kappa shape index (κ1) is 9.99. The molecule has 0 aromatic carbocycles. The van der Waals surface area contributed by atoms with Crippen molar-refractivity contribution in [1.29, 1.82) is 0 Å². The number of hydrogen-bond donors (Lipinski definition) is 1. The number of thiophene rings is 1. The van der Waals surface area contributed by atoms with Gasteiger partial charge in [-0.3, -0.25) is 0 Å². The molecule has 0 bridgehead atoms. The second kappa shape index (κ2) is 3.99. The minimum absolute atomic E-state index is 0.223. The van der Waals surface area contributed by atoms with Crippen LogP contribution in [0.15, 0.2) is 17.8 Å². The predicted molar refractivity (Wildman–Crippen MR) is 64.9 cm³/mol. The largest absolute Gasteiger partial charge is 0.391 e. The van der Waals surface area contributed by atoms with Gasteiger partial charge in [0.25, 0.3) is 0 Å². The fraction of sp³-hybridized carbons (Fsp3) is 0.455. The van der Waals surface area contributed by atoms with E-state index in [4.69, 9.17) is 0 Å². The molecule has 1 fully saturated rings. The summed E-state index contributed by atoms with van der Waals surface area (Å²) in [5, 5.41) is 11.7. The summed E-state index contributed by atoms with van der Waals surface area (Å²) in [5.74, 6) is 0.971. The second-order valence-corrected chi connectivity index (χ2v) is 4.99. The van der Waals surface area contributed by atoms with E-state index in [1.807, 2.05) is 11.4 Å². The Morgan fingerprint density at radius 3 is 3.25 bits per heavy atom. The molecule has 4 nitrogen and oxygen atoms in total. The van der Waals surface area contributed by atoms with Gasteiger partial charge in [-0.2, -0.15) is 0 Å². The van der Waals surface area contributed by atoms with Gasteiger partial charge in [0.1, 0.15) is 12.1 Å². The Morgan fingerprint density at radius 2 is 2.38 bits per heavy atom. The fourth-order valence-corrected chi connectivity index (χ4v) is 3.01. The second-order valence-electron chi connectivity index (χ2n) is 4.07. The summed E-state index contributed by atoms with van der Waals surface area (Å²) in [6.07, 6.45) is 3.30. The number of aliphatic hydroxyl groups excluding tert-OH is 1. The summed E-state index contributed by atoms with van der Waals surface area (Å²) in [6, 6.07) is 2.01. The zero-order chi connectivity index (χ0) is 11.0. The maximum atomic E-state index is 9.68. The highest BCUT2D eigenvalue weighted by Crippen LogP contribution is 2.29. The Hall–Kier alpha value is -1.20. The van der Waals surface area contributed by atoms with Crippen LogP contribution in [0, 0.1) is 0 Å². The summed E-state index contributed by atoms with van der Waals surface area (Å²) in [7, 11) is 0. The number of fused-ring (bicyclic) bond motifs is 1. The molecular weight excluding hydrogens is 222 g/mol. The van der Waals surface area contributed by atoms with E-state index in [1.165, 1.54) is 0 Å². The van der Waals surface area contributed by atoms with Crippen LogP contribution in [-0.4, -0.2) is 34.3 Å². The molecule has 5 heteroatoms. The van der Waals surface area contributed by atoms with E-state index >= 15 is 0 Å². The smallest absolute Gasteiger partial charge is 0.150 e. The van der Waals surface area contributed by atoms with Crippen molar-refractivity contribution >= 4 is 27.4 Å². The zero-order valence-electron chi connectivity index (χ0n) is 8.83. The summed E-state index contributed by atoms with van der Waals surface area (Å²) >= 11 is 1.66. The van der Waals surface area contributed by atoms with Crippen LogP contribution >= 0.6 is 11.3 Å². The number of piperidine rings is 1. The molecule has 0 aliphatic carbocycles. The average Bonchev–Trinajstić information content (AvgIpc) is 2.76. The number of rotatable bonds is 1. The van der Waals surface area contributed by atoms with E-state index in [0.717, 1.165) is 35.4 Å². The molecule has 3 heterocycles. The number of anilines is 1. The SMILES string of the molecule is O[C@H]1CCCN(c2ncnc3ccsc23)C1. The monoisotopic (exact) mass is 235 g/mol. The normalized spacial score (nSPS) is 21.6. The molecular formula is C11H13N3OS. The van der Waals surface area contributed by atoms with Gasteiger partial charge >= 0.3 is 0 Å². The molecule has 0 radical (unpaired) electrons. The molecule has 1 aliphatic rings. The molecule has 1 aliphatic heterocycles. The van der Waals surface area contributed by atoms with E-state index in [-0.39, 0.29) is 6.10 Å². The van der Waals surface area contributed by atoms with Crippen LogP contribution in [0.2, 0.25) is 0 Å². The molecule has 84 valence electrons. The average molecular weight is 235 g/mol. The molecule has 1 N–H and O–H groups in total. The van der Waals surface area contributed by atoms with Gasteiger partial charge in [-0.05, 0) is 24.3 Å². The predicted octanol–water partition coefficient (Wildman–Crippen LogP) is 1.65. The van der Waals surface area contributed by atoms with Crippen LogP contribution in [0.25, 0.3) is 10.2 Å². The summed E-state index contributed by atoms with van der Waals surface area (Å²) in [4.78, 5) is 10.7. The molecule has 16 heavy (non-hydrogen) atoms. The van der Waals surface area contributed by atoms with Crippen molar-refractivity contribution in [3.63, 3.8) is 0 Å². The Bertz CT molecular complexity index is 499. The van der Waals surface area contributed by atoms with Gasteiger partial charge in [0.2, 0.25) is 0 Å². The van der Waals surface area contributed by atoms with Gasteiger partial charge in [0, 0.05) is 13.1 Å². The highest BCUT2D eigenvalue weighted by atomic mass is 32.1. The van der Waals surface area contributed by atoms with Crippen molar-refractivity contribution in [2.75, 3.05) is 18.0 Å². The van der Waals surface area contributed by atoms with Gasteiger partial charge in [0.05, 0.1) is 16.3 Å². The highest BCUT2D eigenvalue weighted by molar-refractivity contribution is 7.17. The van der Waals surface area contributed by atoms with Gasteiger partial charge in [-0.25, -0.2) is 9.97 Å². The third-order valence-corrected chi connectivity index (χ3v) is 3.82. The summed E-state index contributed by atoms with van der Waals surface area (Å²) < 4.78 is 1.12. The maximum Gasteiger partial charge on any atom is 0.150 e. The van der Waals surface area contributed by atoms with E-state index in [9.17, 15) is 5.11 Å². The van der Waals surface area contributed by atoms with Gasteiger partial charge in [-0.1, -0.05) is 0 Å². The van der Waals surface area contributed by atoms with E-state index in [1.54, 1.807) is 17.7 Å². The van der Waals surface area contributed by atoms with E-state index in [0.29, 0.717) is 6.54 Å². The van der Waals surface area contributed by atoms with Gasteiger partial charge in [-0.15, -0.1) is 11.3 Å². The molecule has 0 saturated carbocycles. The third kappa shape index (κ3) is 1.66. The minimum atomic E-state index is -0.223. The highest BCUT2D eigenvalue weighted by Gasteiger charge is 2.20. The number of nitrogens with zero attached hydrogens (tertiary/aromatic N) is 3. The molecule has 1 atom stereocenters. The van der Waals surface area contributed by atoms with Crippen molar-refractivity contribution in [1.82, 2.24) is 9.97 Å². The van der Waals surface area contributed by atoms with Crippen LogP contribution in [-0.2, 0) is 0 Å². The first-order valence-electron chi connectivity index (χ1n) is 5.46. The third-order valence-electron chi connectivity index (χ3n) is 2.92. The quantitative estimate of drug-likeness (QED) is 0.816.